The van der Waals surface area contributed by atoms with Crippen LogP contribution >= 0.6 is 0 Å². The fraction of sp³-hybridized carbons (Fsp3) is 0.500. The number of rotatable bonds is 7. The highest BCUT2D eigenvalue weighted by Gasteiger charge is 2.29. The molecule has 31 heavy (non-hydrogen) atoms. The maximum atomic E-state index is 13.0. The molecule has 1 aromatic carbocycles. The zero-order valence-electron chi connectivity index (χ0n) is 17.9. The van der Waals surface area contributed by atoms with Crippen LogP contribution in [-0.4, -0.2) is 81.3 Å². The van der Waals surface area contributed by atoms with Gasteiger partial charge in [-0.15, -0.1) is 0 Å². The average Bonchev–Trinajstić information content (AvgIpc) is 3.49. The second-order valence-corrected chi connectivity index (χ2v) is 10.2. The maximum Gasteiger partial charge on any atom is 0.251 e. The van der Waals surface area contributed by atoms with Crippen LogP contribution in [0.1, 0.15) is 35.0 Å². The molecule has 1 atom stereocenters. The Balaban J connectivity index is 1.45. The zero-order valence-corrected chi connectivity index (χ0v) is 18.7. The molecule has 1 amide bonds. The highest BCUT2D eigenvalue weighted by atomic mass is 32.2. The quantitative estimate of drug-likeness (QED) is 0.698. The number of nitrogens with zero attached hydrogens (tertiary/aromatic N) is 3. The van der Waals surface area contributed by atoms with E-state index in [0.29, 0.717) is 38.3 Å². The first kappa shape index (κ1) is 22.0. The van der Waals surface area contributed by atoms with E-state index >= 15 is 0 Å². The third kappa shape index (κ3) is 5.01. The van der Waals surface area contributed by atoms with Crippen molar-refractivity contribution in [2.75, 3.05) is 52.9 Å². The molecule has 2 aliphatic heterocycles. The van der Waals surface area contributed by atoms with E-state index in [2.05, 4.69) is 15.1 Å². The smallest absolute Gasteiger partial charge is 0.251 e. The van der Waals surface area contributed by atoms with E-state index in [0.717, 1.165) is 31.7 Å². The van der Waals surface area contributed by atoms with Gasteiger partial charge >= 0.3 is 0 Å². The average molecular weight is 447 g/mol. The number of piperazine rings is 1. The molecule has 3 heterocycles. The lowest BCUT2D eigenvalue weighted by molar-refractivity contribution is 0.0933. The predicted octanol–water partition coefficient (Wildman–Crippen LogP) is 1.78. The van der Waals surface area contributed by atoms with Crippen molar-refractivity contribution in [2.24, 2.45) is 0 Å². The Morgan fingerprint density at radius 1 is 1.06 bits per heavy atom. The van der Waals surface area contributed by atoms with Crippen LogP contribution in [0.4, 0.5) is 0 Å². The van der Waals surface area contributed by atoms with E-state index in [1.807, 2.05) is 19.2 Å². The van der Waals surface area contributed by atoms with Gasteiger partial charge in [-0.25, -0.2) is 8.42 Å². The predicted molar refractivity (Wildman–Crippen MR) is 117 cm³/mol. The molecule has 4 rings (SSSR count). The van der Waals surface area contributed by atoms with Crippen molar-refractivity contribution >= 4 is 15.9 Å². The van der Waals surface area contributed by atoms with Crippen molar-refractivity contribution < 1.29 is 17.6 Å². The number of hydrogen-bond donors (Lipinski definition) is 1. The van der Waals surface area contributed by atoms with Gasteiger partial charge in [0.15, 0.2) is 0 Å². The van der Waals surface area contributed by atoms with Gasteiger partial charge in [0.2, 0.25) is 10.0 Å². The number of carbonyl (C=O) groups is 1. The highest BCUT2D eigenvalue weighted by molar-refractivity contribution is 7.89. The van der Waals surface area contributed by atoms with Crippen molar-refractivity contribution in [3.05, 3.63) is 54.0 Å². The lowest BCUT2D eigenvalue weighted by Crippen LogP contribution is -2.47. The second kappa shape index (κ2) is 9.52. The van der Waals surface area contributed by atoms with Crippen LogP contribution < -0.4 is 5.32 Å². The first-order chi connectivity index (χ1) is 14.9. The minimum atomic E-state index is -3.62. The van der Waals surface area contributed by atoms with Gasteiger partial charge in [0, 0.05) is 38.3 Å². The van der Waals surface area contributed by atoms with Crippen LogP contribution in [0.2, 0.25) is 0 Å². The highest BCUT2D eigenvalue weighted by Crippen LogP contribution is 2.25. The molecule has 1 unspecified atom stereocenters. The zero-order chi connectivity index (χ0) is 21.8. The van der Waals surface area contributed by atoms with Gasteiger partial charge in [-0.05, 0) is 63.3 Å². The Hall–Kier alpha value is -2.20. The minimum Gasteiger partial charge on any atom is -0.468 e. The summed E-state index contributed by atoms with van der Waals surface area (Å²) in [6, 6.07) is 10.1. The van der Waals surface area contributed by atoms with Crippen LogP contribution in [0.5, 0.6) is 0 Å². The van der Waals surface area contributed by atoms with Gasteiger partial charge in [-0.3, -0.25) is 9.69 Å². The van der Waals surface area contributed by atoms with E-state index in [-0.39, 0.29) is 16.8 Å². The Morgan fingerprint density at radius 2 is 1.81 bits per heavy atom. The molecule has 2 saturated heterocycles. The number of carbonyl (C=O) groups excluding carboxylic acids is 1. The molecule has 0 radical (unpaired) electrons. The lowest BCUT2D eigenvalue weighted by Gasteiger charge is -2.31. The van der Waals surface area contributed by atoms with Crippen molar-refractivity contribution in [2.45, 2.75) is 23.8 Å². The molecule has 1 N–H and O–H groups in total. The number of hydrogen-bond acceptors (Lipinski definition) is 6. The molecule has 2 fully saturated rings. The van der Waals surface area contributed by atoms with Gasteiger partial charge in [-0.2, -0.15) is 4.31 Å². The molecule has 0 spiro atoms. The minimum absolute atomic E-state index is 0.0290. The summed E-state index contributed by atoms with van der Waals surface area (Å²) >= 11 is 0. The molecular formula is C22H30N4O4S. The molecule has 2 aliphatic rings. The SMILES string of the molecule is CN1CCN(S(=O)(=O)c2cccc(C(=O)NCC(c3ccco3)N3CCCC3)c2)CC1. The molecular weight excluding hydrogens is 416 g/mol. The number of benzene rings is 1. The first-order valence-electron chi connectivity index (χ1n) is 10.8. The number of amides is 1. The van der Waals surface area contributed by atoms with Crippen molar-refractivity contribution in [3.63, 3.8) is 0 Å². The number of sulfonamides is 1. The number of nitrogens with one attached hydrogen (secondary N) is 1. The fourth-order valence-electron chi connectivity index (χ4n) is 4.21. The van der Waals surface area contributed by atoms with E-state index < -0.39 is 10.0 Å². The van der Waals surface area contributed by atoms with E-state index in [9.17, 15) is 13.2 Å². The summed E-state index contributed by atoms with van der Waals surface area (Å²) in [5, 5.41) is 2.97. The van der Waals surface area contributed by atoms with Gasteiger partial charge in [0.25, 0.3) is 5.91 Å². The molecule has 8 nitrogen and oxygen atoms in total. The van der Waals surface area contributed by atoms with Crippen LogP contribution in [0, 0.1) is 0 Å². The van der Waals surface area contributed by atoms with E-state index in [1.54, 1.807) is 24.5 Å². The fourth-order valence-corrected chi connectivity index (χ4v) is 5.68. The summed E-state index contributed by atoms with van der Waals surface area (Å²) < 4.78 is 33.1. The topological polar surface area (TPSA) is 86.1 Å². The van der Waals surface area contributed by atoms with Crippen LogP contribution in [-0.2, 0) is 10.0 Å². The standard InChI is InChI=1S/C22H30N4O4S/c1-24-11-13-26(14-12-24)31(28,29)19-7-4-6-18(16-19)22(27)23-17-20(21-8-5-15-30-21)25-9-2-3-10-25/h4-8,15-16,20H,2-3,9-14,17H2,1H3,(H,23,27). The summed E-state index contributed by atoms with van der Waals surface area (Å²) in [4.78, 5) is 17.4. The van der Waals surface area contributed by atoms with Gasteiger partial charge in [0.1, 0.15) is 5.76 Å². The normalized spacial score (nSPS) is 20.0. The Morgan fingerprint density at radius 3 is 2.48 bits per heavy atom. The third-order valence-corrected chi connectivity index (χ3v) is 8.00. The molecule has 9 heteroatoms. The Bertz CT molecular complexity index is 979. The summed E-state index contributed by atoms with van der Waals surface area (Å²) in [6.07, 6.45) is 3.92. The summed E-state index contributed by atoms with van der Waals surface area (Å²) in [5.74, 6) is 0.541. The Kier molecular flexibility index (Phi) is 6.76. The molecule has 2 aromatic rings. The second-order valence-electron chi connectivity index (χ2n) is 8.22. The summed E-state index contributed by atoms with van der Waals surface area (Å²) in [5.41, 5.74) is 0.342. The number of furan rings is 1. The van der Waals surface area contributed by atoms with Gasteiger partial charge < -0.3 is 14.6 Å². The monoisotopic (exact) mass is 446 g/mol. The molecule has 0 aliphatic carbocycles. The number of likely N-dealkylation sites (N-methyl/N-ethyl adjacent to an activating group) is 1. The molecule has 0 saturated carbocycles. The number of likely N-dealkylation sites (tertiary alicyclic amines) is 1. The van der Waals surface area contributed by atoms with Crippen LogP contribution in [0.25, 0.3) is 0 Å². The van der Waals surface area contributed by atoms with Crippen molar-refractivity contribution in [1.29, 1.82) is 0 Å². The maximum absolute atomic E-state index is 13.0. The summed E-state index contributed by atoms with van der Waals surface area (Å²) in [6.45, 7) is 4.65. The first-order valence-corrected chi connectivity index (χ1v) is 12.2. The van der Waals surface area contributed by atoms with Crippen LogP contribution in [0.15, 0.2) is 52.0 Å². The molecule has 0 bridgehead atoms. The Labute approximate surface area is 183 Å². The third-order valence-electron chi connectivity index (χ3n) is 6.11. The van der Waals surface area contributed by atoms with E-state index in [4.69, 9.17) is 4.42 Å². The van der Waals surface area contributed by atoms with Crippen molar-refractivity contribution in [3.8, 4) is 0 Å². The molecule has 1 aromatic heterocycles. The van der Waals surface area contributed by atoms with Gasteiger partial charge in [0.05, 0.1) is 17.2 Å². The van der Waals surface area contributed by atoms with E-state index in [1.165, 1.54) is 10.4 Å². The molecule has 168 valence electrons. The van der Waals surface area contributed by atoms with Crippen molar-refractivity contribution in [1.82, 2.24) is 19.4 Å². The lowest BCUT2D eigenvalue weighted by atomic mass is 10.1. The largest absolute Gasteiger partial charge is 0.468 e. The van der Waals surface area contributed by atoms with Crippen LogP contribution in [0.3, 0.4) is 0 Å². The van der Waals surface area contributed by atoms with Gasteiger partial charge in [-0.1, -0.05) is 6.07 Å². The summed E-state index contributed by atoms with van der Waals surface area (Å²) in [7, 11) is -1.64.